The maximum Gasteiger partial charge on any atom is 0.415 e. The minimum atomic E-state index is -0.685. The van der Waals surface area contributed by atoms with Crippen LogP contribution in [-0.4, -0.2) is 41.7 Å². The van der Waals surface area contributed by atoms with E-state index in [4.69, 9.17) is 11.3 Å². The molecule has 2 bridgehead atoms. The third-order valence-electron chi connectivity index (χ3n) is 6.64. The van der Waals surface area contributed by atoms with Crippen molar-refractivity contribution in [2.24, 2.45) is 0 Å². The first-order chi connectivity index (χ1) is 17.4. The highest BCUT2D eigenvalue weighted by Crippen LogP contribution is 2.49. The number of aromatic hydroxyl groups is 1. The summed E-state index contributed by atoms with van der Waals surface area (Å²) in [6, 6.07) is 11.2. The number of hydrogen-bond donors (Lipinski definition) is 1. The molecule has 2 atom stereocenters. The summed E-state index contributed by atoms with van der Waals surface area (Å²) in [4.78, 5) is 45.6. The second kappa shape index (κ2) is 7.67. The number of carbonyl (C=O) groups excluding carboxylic acids is 1. The van der Waals surface area contributed by atoms with E-state index >= 15 is 0 Å². The number of fused-ring (bicyclic) bond motifs is 6. The van der Waals surface area contributed by atoms with E-state index in [0.717, 1.165) is 4.57 Å². The summed E-state index contributed by atoms with van der Waals surface area (Å²) in [5.74, 6) is 0.0294. The first-order valence-electron chi connectivity index (χ1n) is 10.9. The van der Waals surface area contributed by atoms with Crippen LogP contribution in [0.1, 0.15) is 24.2 Å². The molecule has 1 fully saturated rings. The highest BCUT2D eigenvalue weighted by Gasteiger charge is 2.50. The Kier molecular flexibility index (Phi) is 4.55. The lowest BCUT2D eigenvalue weighted by Crippen LogP contribution is -2.39. The van der Waals surface area contributed by atoms with E-state index in [1.54, 1.807) is 24.3 Å². The molecule has 0 saturated carbocycles. The van der Waals surface area contributed by atoms with Crippen LogP contribution < -0.4 is 10.4 Å². The number of likely N-dealkylation sites (tertiary alicyclic amines) is 1. The van der Waals surface area contributed by atoms with Crippen LogP contribution in [0.25, 0.3) is 21.3 Å². The molecule has 2 unspecified atom stereocenters. The van der Waals surface area contributed by atoms with Crippen molar-refractivity contribution in [3.8, 4) is 17.3 Å². The van der Waals surface area contributed by atoms with Gasteiger partial charge in [-0.05, 0) is 18.6 Å². The monoisotopic (exact) mass is 484 g/mol. The summed E-state index contributed by atoms with van der Waals surface area (Å²) < 4.78 is 8.04. The van der Waals surface area contributed by atoms with Crippen molar-refractivity contribution in [2.45, 2.75) is 18.5 Å². The highest BCUT2D eigenvalue weighted by atomic mass is 16.6. The number of nitro groups is 1. The maximum absolute atomic E-state index is 13.4. The quantitative estimate of drug-likeness (QED) is 0.265. The number of nitrogens with zero attached hydrogens (tertiary/aromatic N) is 6. The van der Waals surface area contributed by atoms with Crippen LogP contribution in [0.4, 0.5) is 16.3 Å². The third kappa shape index (κ3) is 2.96. The zero-order valence-corrected chi connectivity index (χ0v) is 18.4. The number of hydrogen-bond acceptors (Lipinski definition) is 7. The van der Waals surface area contributed by atoms with Crippen LogP contribution in [-0.2, 0) is 0 Å². The van der Waals surface area contributed by atoms with Gasteiger partial charge in [0.15, 0.2) is 0 Å². The van der Waals surface area contributed by atoms with Gasteiger partial charge in [-0.15, -0.1) is 4.98 Å². The Morgan fingerprint density at radius 3 is 2.61 bits per heavy atom. The van der Waals surface area contributed by atoms with Gasteiger partial charge >= 0.3 is 11.8 Å². The second-order valence-electron chi connectivity index (χ2n) is 8.50. The fraction of sp³-hybridized carbons (Fsp3) is 0.167. The zero-order valence-electron chi connectivity index (χ0n) is 18.4. The molecule has 4 aromatic rings. The van der Waals surface area contributed by atoms with Gasteiger partial charge in [-0.1, -0.05) is 30.8 Å². The molecule has 0 spiro atoms. The Labute approximate surface area is 202 Å². The molecular weight excluding hydrogens is 468 g/mol. The summed E-state index contributed by atoms with van der Waals surface area (Å²) in [5.41, 5.74) is 0.0506. The van der Waals surface area contributed by atoms with Gasteiger partial charge in [0.1, 0.15) is 23.3 Å². The average Bonchev–Trinajstić information content (AvgIpc) is 3.55. The molecular formula is C24H16N6O6. The fourth-order valence-corrected chi connectivity index (χ4v) is 5.09. The van der Waals surface area contributed by atoms with Gasteiger partial charge in [0.2, 0.25) is 5.88 Å². The lowest BCUT2D eigenvalue weighted by molar-refractivity contribution is -0.384. The van der Waals surface area contributed by atoms with Gasteiger partial charge in [0.05, 0.1) is 17.0 Å². The van der Waals surface area contributed by atoms with Gasteiger partial charge in [-0.3, -0.25) is 19.6 Å². The number of benzene rings is 2. The Hall–Kier alpha value is -5.18. The van der Waals surface area contributed by atoms with Crippen molar-refractivity contribution >= 4 is 28.4 Å². The van der Waals surface area contributed by atoms with Crippen molar-refractivity contribution < 1.29 is 19.6 Å². The van der Waals surface area contributed by atoms with E-state index in [-0.39, 0.29) is 35.7 Å². The molecule has 2 aliphatic rings. The summed E-state index contributed by atoms with van der Waals surface area (Å²) in [5, 5.41) is 23.1. The highest BCUT2D eigenvalue weighted by molar-refractivity contribution is 5.97. The number of carbonyl (C=O) groups is 1. The van der Waals surface area contributed by atoms with Gasteiger partial charge in [-0.25, -0.2) is 14.2 Å². The molecule has 178 valence electrons. The summed E-state index contributed by atoms with van der Waals surface area (Å²) in [6.07, 6.45) is 1.15. The predicted molar refractivity (Wildman–Crippen MR) is 125 cm³/mol. The largest absolute Gasteiger partial charge is 0.493 e. The van der Waals surface area contributed by atoms with E-state index in [9.17, 15) is 24.8 Å². The Morgan fingerprint density at radius 2 is 1.92 bits per heavy atom. The van der Waals surface area contributed by atoms with Crippen molar-refractivity contribution in [2.75, 3.05) is 6.54 Å². The Bertz CT molecular complexity index is 1680. The summed E-state index contributed by atoms with van der Waals surface area (Å²) in [6.45, 7) is 7.57. The van der Waals surface area contributed by atoms with Gasteiger partial charge in [-0.2, -0.15) is 0 Å². The minimum Gasteiger partial charge on any atom is -0.493 e. The number of ether oxygens (including phenoxy) is 1. The van der Waals surface area contributed by atoms with Gasteiger partial charge < -0.3 is 14.7 Å². The average molecular weight is 484 g/mol. The molecule has 2 aromatic heterocycles. The molecule has 36 heavy (non-hydrogen) atoms. The van der Waals surface area contributed by atoms with Gasteiger partial charge in [0.25, 0.3) is 11.5 Å². The van der Waals surface area contributed by atoms with Crippen molar-refractivity contribution in [3.05, 3.63) is 92.4 Å². The van der Waals surface area contributed by atoms with Crippen LogP contribution in [0.2, 0.25) is 0 Å². The van der Waals surface area contributed by atoms with Crippen LogP contribution in [0, 0.1) is 16.7 Å². The summed E-state index contributed by atoms with van der Waals surface area (Å²) in [7, 11) is 0. The standard InChI is InChI=1S/C24H16N6O6/c1-25-21-17-5-3-2-4-16(17)19(11-26-21)29-22(31)20-18-10-14(28(20)23(29)32)12-27(18)24(33)36-15-8-6-13(7-9-15)30(34)35/h2-9,11,14,18,31H,10,12H2. The first kappa shape index (κ1) is 21.4. The number of non-ortho nitro benzene ring substituents is 1. The lowest BCUT2D eigenvalue weighted by atomic mass is 10.1. The van der Waals surface area contributed by atoms with Crippen LogP contribution in [0.15, 0.2) is 59.5 Å². The van der Waals surface area contributed by atoms with E-state index in [1.165, 1.54) is 39.9 Å². The Morgan fingerprint density at radius 1 is 1.19 bits per heavy atom. The topological polar surface area (TPSA) is 137 Å². The molecule has 1 amide bonds. The molecule has 1 N–H and O–H groups in total. The smallest absolute Gasteiger partial charge is 0.415 e. The first-order valence-corrected chi connectivity index (χ1v) is 10.9. The number of imidazole rings is 1. The number of amides is 1. The molecule has 2 aliphatic heterocycles. The van der Waals surface area contributed by atoms with Gasteiger partial charge in [0, 0.05) is 29.4 Å². The molecule has 0 aliphatic carbocycles. The zero-order chi connectivity index (χ0) is 25.1. The molecule has 6 rings (SSSR count). The molecule has 0 radical (unpaired) electrons. The number of rotatable bonds is 3. The second-order valence-corrected chi connectivity index (χ2v) is 8.50. The fourth-order valence-electron chi connectivity index (χ4n) is 5.09. The molecule has 4 heterocycles. The molecule has 2 aromatic carbocycles. The van der Waals surface area contributed by atoms with E-state index in [2.05, 4.69) is 9.83 Å². The number of nitro benzene ring substituents is 1. The SMILES string of the molecule is [C-]#[N+]c1ncc(-n2c(O)c3n(c2=O)C2CC3N(C(=O)Oc3ccc([N+](=O)[O-])cc3)C2)c2ccccc12. The van der Waals surface area contributed by atoms with E-state index < -0.39 is 22.7 Å². The normalized spacial score (nSPS) is 17.7. The van der Waals surface area contributed by atoms with E-state index in [0.29, 0.717) is 28.6 Å². The van der Waals surface area contributed by atoms with Crippen molar-refractivity contribution in [3.63, 3.8) is 0 Å². The van der Waals surface area contributed by atoms with E-state index in [1.807, 2.05) is 0 Å². The molecule has 12 heteroatoms. The molecule has 1 saturated heterocycles. The van der Waals surface area contributed by atoms with Crippen LogP contribution in [0.5, 0.6) is 11.6 Å². The van der Waals surface area contributed by atoms with Crippen molar-refractivity contribution in [1.29, 1.82) is 0 Å². The Balaban J connectivity index is 1.36. The maximum atomic E-state index is 13.4. The number of aromatic nitrogens is 3. The van der Waals surface area contributed by atoms with Crippen LogP contribution in [0.3, 0.4) is 0 Å². The minimum absolute atomic E-state index is 0.128. The lowest BCUT2D eigenvalue weighted by Gasteiger charge is -2.26. The van der Waals surface area contributed by atoms with Crippen molar-refractivity contribution in [1.82, 2.24) is 19.0 Å². The third-order valence-corrected chi connectivity index (χ3v) is 6.64. The number of pyridine rings is 1. The summed E-state index contributed by atoms with van der Waals surface area (Å²) >= 11 is 0. The predicted octanol–water partition coefficient (Wildman–Crippen LogP) is 3.85. The van der Waals surface area contributed by atoms with Crippen LogP contribution >= 0.6 is 0 Å². The molecule has 12 nitrogen and oxygen atoms in total.